The van der Waals surface area contributed by atoms with Crippen LogP contribution < -0.4 is 4.74 Å². The number of ether oxygens (including phenoxy) is 1. The summed E-state index contributed by atoms with van der Waals surface area (Å²) in [5, 5.41) is 0. The molecule has 2 aromatic carbocycles. The zero-order valence-electron chi connectivity index (χ0n) is 20.6. The fourth-order valence-corrected chi connectivity index (χ4v) is 5.81. The van der Waals surface area contributed by atoms with Crippen molar-refractivity contribution >= 4 is 5.91 Å². The SMILES string of the molecule is COc1cccc(C2CN(Cc3cccc(C(F)(F)F)c3)CC2CN(C(C)=O)C2CCCCC2)c1. The Labute approximate surface area is 206 Å². The third-order valence-corrected chi connectivity index (χ3v) is 7.55. The number of halogens is 3. The molecule has 0 bridgehead atoms. The van der Waals surface area contributed by atoms with Gasteiger partial charge >= 0.3 is 6.18 Å². The van der Waals surface area contributed by atoms with Crippen LogP contribution >= 0.6 is 0 Å². The molecule has 0 radical (unpaired) electrons. The van der Waals surface area contributed by atoms with Crippen LogP contribution in [0.15, 0.2) is 48.5 Å². The van der Waals surface area contributed by atoms with Gasteiger partial charge in [-0.1, -0.05) is 49.6 Å². The smallest absolute Gasteiger partial charge is 0.416 e. The quantitative estimate of drug-likeness (QED) is 0.471. The van der Waals surface area contributed by atoms with Crippen molar-refractivity contribution in [1.82, 2.24) is 9.80 Å². The third-order valence-electron chi connectivity index (χ3n) is 7.55. The molecule has 190 valence electrons. The summed E-state index contributed by atoms with van der Waals surface area (Å²) in [5.41, 5.74) is 1.18. The van der Waals surface area contributed by atoms with Crippen molar-refractivity contribution in [2.45, 2.75) is 63.7 Å². The van der Waals surface area contributed by atoms with Gasteiger partial charge < -0.3 is 9.64 Å². The second-order valence-electron chi connectivity index (χ2n) is 10.00. The maximum atomic E-state index is 13.2. The summed E-state index contributed by atoms with van der Waals surface area (Å²) in [5.74, 6) is 1.26. The molecule has 2 aliphatic rings. The lowest BCUT2D eigenvalue weighted by Gasteiger charge is -2.36. The van der Waals surface area contributed by atoms with Gasteiger partial charge in [-0.25, -0.2) is 0 Å². The molecule has 1 saturated heterocycles. The van der Waals surface area contributed by atoms with E-state index < -0.39 is 11.7 Å². The van der Waals surface area contributed by atoms with Gasteiger partial charge in [-0.2, -0.15) is 13.2 Å². The van der Waals surface area contributed by atoms with Crippen molar-refractivity contribution in [3.63, 3.8) is 0 Å². The lowest BCUT2D eigenvalue weighted by Crippen LogP contribution is -2.44. The van der Waals surface area contributed by atoms with Gasteiger partial charge in [0.1, 0.15) is 5.75 Å². The molecule has 1 aliphatic heterocycles. The molecule has 2 unspecified atom stereocenters. The summed E-state index contributed by atoms with van der Waals surface area (Å²) in [4.78, 5) is 17.0. The standard InChI is InChI=1S/C28H35F3N2O2/c1-20(34)33(25-11-4-3-5-12-25)18-23-17-32(16-21-8-6-10-24(14-21)28(29,30)31)19-27(23)22-9-7-13-26(15-22)35-2/h6-10,13-15,23,25,27H,3-5,11-12,16-19H2,1-2H3. The normalized spacial score (nSPS) is 21.7. The van der Waals surface area contributed by atoms with E-state index in [-0.39, 0.29) is 23.8 Å². The van der Waals surface area contributed by atoms with Gasteiger partial charge in [0.2, 0.25) is 5.91 Å². The highest BCUT2D eigenvalue weighted by Gasteiger charge is 2.37. The number of amides is 1. The topological polar surface area (TPSA) is 32.8 Å². The van der Waals surface area contributed by atoms with Gasteiger partial charge in [-0.3, -0.25) is 9.69 Å². The van der Waals surface area contributed by atoms with E-state index in [1.807, 2.05) is 18.2 Å². The number of hydrogen-bond donors (Lipinski definition) is 0. The number of methoxy groups -OCH3 is 1. The van der Waals surface area contributed by atoms with Gasteiger partial charge in [0.25, 0.3) is 0 Å². The van der Waals surface area contributed by atoms with Crippen molar-refractivity contribution in [1.29, 1.82) is 0 Å². The summed E-state index contributed by atoms with van der Waals surface area (Å²) in [6.45, 7) is 4.23. The fraction of sp³-hybridized carbons (Fsp3) is 0.536. The van der Waals surface area contributed by atoms with Crippen LogP contribution in [-0.4, -0.2) is 48.5 Å². The van der Waals surface area contributed by atoms with E-state index in [1.54, 1.807) is 20.1 Å². The van der Waals surface area contributed by atoms with E-state index in [2.05, 4.69) is 15.9 Å². The highest BCUT2D eigenvalue weighted by atomic mass is 19.4. The molecule has 2 aromatic rings. The Morgan fingerprint density at radius 2 is 1.80 bits per heavy atom. The van der Waals surface area contributed by atoms with Gasteiger partial charge in [0, 0.05) is 45.1 Å². The number of nitrogens with zero attached hydrogens (tertiary/aromatic N) is 2. The number of rotatable bonds is 7. The number of carbonyl (C=O) groups excluding carboxylic acids is 1. The molecule has 4 rings (SSSR count). The van der Waals surface area contributed by atoms with E-state index in [4.69, 9.17) is 4.74 Å². The largest absolute Gasteiger partial charge is 0.497 e. The average Bonchev–Trinajstić information content (AvgIpc) is 3.24. The highest BCUT2D eigenvalue weighted by molar-refractivity contribution is 5.73. The third kappa shape index (κ3) is 6.37. The molecule has 4 nitrogen and oxygen atoms in total. The lowest BCUT2D eigenvalue weighted by atomic mass is 9.87. The van der Waals surface area contributed by atoms with Crippen LogP contribution in [0.5, 0.6) is 5.75 Å². The molecule has 0 aromatic heterocycles. The Morgan fingerprint density at radius 1 is 1.06 bits per heavy atom. The average molecular weight is 489 g/mol. The van der Waals surface area contributed by atoms with Gasteiger partial charge in [-0.15, -0.1) is 0 Å². The van der Waals surface area contributed by atoms with E-state index in [0.29, 0.717) is 18.7 Å². The first-order valence-corrected chi connectivity index (χ1v) is 12.5. The molecular formula is C28H35F3N2O2. The summed E-state index contributed by atoms with van der Waals surface area (Å²) in [6, 6.07) is 13.9. The first-order valence-electron chi connectivity index (χ1n) is 12.5. The molecule has 1 amide bonds. The molecule has 7 heteroatoms. The van der Waals surface area contributed by atoms with Crippen LogP contribution in [-0.2, 0) is 17.5 Å². The van der Waals surface area contributed by atoms with Crippen molar-refractivity contribution in [2.75, 3.05) is 26.7 Å². The first kappa shape index (κ1) is 25.5. The monoisotopic (exact) mass is 488 g/mol. The number of carbonyl (C=O) groups is 1. The van der Waals surface area contributed by atoms with Gasteiger partial charge in [0.05, 0.1) is 12.7 Å². The Balaban J connectivity index is 1.56. The molecule has 1 saturated carbocycles. The first-order chi connectivity index (χ1) is 16.7. The Hall–Kier alpha value is -2.54. The predicted molar refractivity (Wildman–Crippen MR) is 130 cm³/mol. The van der Waals surface area contributed by atoms with Crippen LogP contribution in [0.3, 0.4) is 0 Å². The molecule has 1 aliphatic carbocycles. The van der Waals surface area contributed by atoms with Crippen LogP contribution in [0.4, 0.5) is 13.2 Å². The number of hydrogen-bond acceptors (Lipinski definition) is 3. The molecule has 0 N–H and O–H groups in total. The molecule has 2 fully saturated rings. The van der Waals surface area contributed by atoms with Crippen molar-refractivity contribution in [2.24, 2.45) is 5.92 Å². The number of benzene rings is 2. The minimum atomic E-state index is -4.35. The highest BCUT2D eigenvalue weighted by Crippen LogP contribution is 2.37. The maximum absolute atomic E-state index is 13.2. The zero-order chi connectivity index (χ0) is 25.0. The van der Waals surface area contributed by atoms with Gasteiger partial charge in [0.15, 0.2) is 0 Å². The van der Waals surface area contributed by atoms with Crippen LogP contribution in [0.25, 0.3) is 0 Å². The van der Waals surface area contributed by atoms with E-state index in [9.17, 15) is 18.0 Å². The Bertz CT molecular complexity index is 1000. The van der Waals surface area contributed by atoms with Crippen LogP contribution in [0.1, 0.15) is 61.6 Å². The number of likely N-dealkylation sites (tertiary alicyclic amines) is 1. The second-order valence-corrected chi connectivity index (χ2v) is 10.00. The van der Waals surface area contributed by atoms with Crippen molar-refractivity contribution in [3.8, 4) is 5.75 Å². The number of alkyl halides is 3. The molecule has 0 spiro atoms. The van der Waals surface area contributed by atoms with E-state index in [0.717, 1.165) is 56.2 Å². The minimum absolute atomic E-state index is 0.109. The molecule has 1 heterocycles. The zero-order valence-corrected chi connectivity index (χ0v) is 20.6. The maximum Gasteiger partial charge on any atom is 0.416 e. The summed E-state index contributed by atoms with van der Waals surface area (Å²) >= 11 is 0. The Morgan fingerprint density at radius 3 is 2.49 bits per heavy atom. The van der Waals surface area contributed by atoms with E-state index in [1.165, 1.54) is 18.6 Å². The molecular weight excluding hydrogens is 453 g/mol. The second kappa shape index (κ2) is 11.0. The Kier molecular flexibility index (Phi) is 8.05. The summed E-state index contributed by atoms with van der Waals surface area (Å²) in [6.07, 6.45) is 1.27. The van der Waals surface area contributed by atoms with Gasteiger partial charge in [-0.05, 0) is 48.1 Å². The lowest BCUT2D eigenvalue weighted by molar-refractivity contribution is -0.137. The van der Waals surface area contributed by atoms with E-state index >= 15 is 0 Å². The van der Waals surface area contributed by atoms with Crippen molar-refractivity contribution < 1.29 is 22.7 Å². The summed E-state index contributed by atoms with van der Waals surface area (Å²) < 4.78 is 45.1. The minimum Gasteiger partial charge on any atom is -0.497 e. The molecule has 2 atom stereocenters. The predicted octanol–water partition coefficient (Wildman–Crippen LogP) is 6.11. The van der Waals surface area contributed by atoms with Crippen LogP contribution in [0, 0.1) is 5.92 Å². The summed E-state index contributed by atoms with van der Waals surface area (Å²) in [7, 11) is 1.64. The molecule has 35 heavy (non-hydrogen) atoms. The fourth-order valence-electron chi connectivity index (χ4n) is 5.81. The van der Waals surface area contributed by atoms with Crippen LogP contribution in [0.2, 0.25) is 0 Å². The van der Waals surface area contributed by atoms with Crippen molar-refractivity contribution in [3.05, 3.63) is 65.2 Å².